The quantitative estimate of drug-likeness (QED) is 0.332. The predicted octanol–water partition coefficient (Wildman–Crippen LogP) is 4.50. The highest BCUT2D eigenvalue weighted by molar-refractivity contribution is 7.92. The summed E-state index contributed by atoms with van der Waals surface area (Å²) in [6, 6.07) is 8.98. The number of rotatable bonds is 10. The SMILES string of the molecule is CCC1(C)CCN(c2cc(NS(=O)(=O)CCO)ccc2-n2cc(-c3ccc([C@@H](O)C4CCCC4)o3)nn2)CC1. The molecule has 0 unspecified atom stereocenters. The van der Waals surface area contributed by atoms with Gasteiger partial charge >= 0.3 is 0 Å². The average Bonchev–Trinajstić information content (AvgIpc) is 3.70. The van der Waals surface area contributed by atoms with E-state index in [9.17, 15) is 13.5 Å². The van der Waals surface area contributed by atoms with Crippen LogP contribution in [0, 0.1) is 11.3 Å². The molecule has 3 heterocycles. The maximum Gasteiger partial charge on any atom is 0.234 e. The number of nitrogens with zero attached hydrogens (tertiary/aromatic N) is 4. The summed E-state index contributed by atoms with van der Waals surface area (Å²) in [5, 5.41) is 28.6. The van der Waals surface area contributed by atoms with Gasteiger partial charge in [-0.2, -0.15) is 0 Å². The first-order chi connectivity index (χ1) is 18.7. The van der Waals surface area contributed by atoms with Crippen molar-refractivity contribution in [3.8, 4) is 17.1 Å². The van der Waals surface area contributed by atoms with Gasteiger partial charge in [0, 0.05) is 13.1 Å². The number of piperidine rings is 1. The Morgan fingerprint density at radius 3 is 2.59 bits per heavy atom. The molecule has 39 heavy (non-hydrogen) atoms. The zero-order valence-corrected chi connectivity index (χ0v) is 23.5. The predicted molar refractivity (Wildman–Crippen MR) is 150 cm³/mol. The van der Waals surface area contributed by atoms with Crippen molar-refractivity contribution in [3.63, 3.8) is 0 Å². The fourth-order valence-electron chi connectivity index (χ4n) is 5.68. The van der Waals surface area contributed by atoms with Crippen molar-refractivity contribution in [2.24, 2.45) is 11.3 Å². The zero-order chi connectivity index (χ0) is 27.6. The first-order valence-electron chi connectivity index (χ1n) is 13.9. The molecular formula is C28H39N5O5S. The van der Waals surface area contributed by atoms with Gasteiger partial charge in [0.2, 0.25) is 10.0 Å². The van der Waals surface area contributed by atoms with Crippen LogP contribution in [0.15, 0.2) is 40.9 Å². The summed E-state index contributed by atoms with van der Waals surface area (Å²) >= 11 is 0. The highest BCUT2D eigenvalue weighted by Gasteiger charge is 2.30. The van der Waals surface area contributed by atoms with Crippen molar-refractivity contribution in [3.05, 3.63) is 42.3 Å². The molecule has 3 N–H and O–H groups in total. The van der Waals surface area contributed by atoms with Crippen molar-refractivity contribution < 1.29 is 23.0 Å². The first-order valence-corrected chi connectivity index (χ1v) is 15.6. The normalized spacial score (nSPS) is 18.9. The van der Waals surface area contributed by atoms with Crippen LogP contribution in [0.3, 0.4) is 0 Å². The molecule has 11 heteroatoms. The Labute approximate surface area is 230 Å². The third-order valence-corrected chi connectivity index (χ3v) is 9.80. The minimum absolute atomic E-state index is 0.231. The van der Waals surface area contributed by atoms with Crippen LogP contribution in [-0.2, 0) is 10.0 Å². The van der Waals surface area contributed by atoms with Crippen LogP contribution in [0.2, 0.25) is 0 Å². The maximum atomic E-state index is 12.3. The number of hydrogen-bond acceptors (Lipinski definition) is 8. The van der Waals surface area contributed by atoms with Crippen molar-refractivity contribution in [1.82, 2.24) is 15.0 Å². The molecule has 2 fully saturated rings. The van der Waals surface area contributed by atoms with Crippen LogP contribution in [-0.4, -0.2) is 59.1 Å². The molecule has 2 aromatic heterocycles. The molecule has 1 saturated heterocycles. The van der Waals surface area contributed by atoms with Gasteiger partial charge in [0.15, 0.2) is 5.76 Å². The van der Waals surface area contributed by atoms with E-state index < -0.39 is 22.7 Å². The van der Waals surface area contributed by atoms with Gasteiger partial charge in [-0.3, -0.25) is 4.72 Å². The Morgan fingerprint density at radius 2 is 1.90 bits per heavy atom. The monoisotopic (exact) mass is 557 g/mol. The van der Waals surface area contributed by atoms with Gasteiger partial charge in [-0.1, -0.05) is 38.3 Å². The number of anilines is 2. The molecule has 1 aromatic carbocycles. The van der Waals surface area contributed by atoms with Crippen LogP contribution in [0.5, 0.6) is 0 Å². The number of furan rings is 1. The van der Waals surface area contributed by atoms with Crippen molar-refractivity contribution >= 4 is 21.4 Å². The smallest absolute Gasteiger partial charge is 0.234 e. The molecule has 10 nitrogen and oxygen atoms in total. The molecule has 1 aliphatic carbocycles. The molecule has 2 aliphatic rings. The molecule has 1 saturated carbocycles. The van der Waals surface area contributed by atoms with Gasteiger partial charge in [-0.05, 0) is 67.3 Å². The Morgan fingerprint density at radius 1 is 1.15 bits per heavy atom. The first kappa shape index (κ1) is 27.7. The summed E-state index contributed by atoms with van der Waals surface area (Å²) in [5.74, 6) is 0.962. The summed E-state index contributed by atoms with van der Waals surface area (Å²) < 4.78 is 34.9. The average molecular weight is 558 g/mol. The van der Waals surface area contributed by atoms with Gasteiger partial charge in [-0.15, -0.1) is 5.10 Å². The fraction of sp³-hybridized carbons (Fsp3) is 0.571. The zero-order valence-electron chi connectivity index (χ0n) is 22.7. The number of hydrogen-bond donors (Lipinski definition) is 3. The molecular weight excluding hydrogens is 518 g/mol. The van der Waals surface area contributed by atoms with Crippen molar-refractivity contribution in [2.45, 2.75) is 64.9 Å². The highest BCUT2D eigenvalue weighted by Crippen LogP contribution is 2.39. The van der Waals surface area contributed by atoms with Crippen molar-refractivity contribution in [2.75, 3.05) is 35.1 Å². The van der Waals surface area contributed by atoms with E-state index in [2.05, 4.69) is 33.8 Å². The number of aromatic nitrogens is 3. The standard InChI is InChI=1S/C28H39N5O5S/c1-3-28(2)12-14-32(15-13-28)24-18-21(30-39(36,37)17-16-34)8-9-23(24)33-19-22(29-31-33)25-10-11-26(38-25)27(35)20-6-4-5-7-20/h8-11,18-20,27,30,34-35H,3-7,12-17H2,1-2H3/t27-/m0/s1. The topological polar surface area (TPSA) is 134 Å². The molecule has 0 amide bonds. The molecule has 1 aliphatic heterocycles. The van der Waals surface area contributed by atoms with Gasteiger partial charge in [-0.25, -0.2) is 13.1 Å². The number of aliphatic hydroxyl groups excluding tert-OH is 2. The molecule has 0 bridgehead atoms. The number of nitrogens with one attached hydrogen (secondary N) is 1. The van der Waals surface area contributed by atoms with Gasteiger partial charge in [0.25, 0.3) is 0 Å². The molecule has 0 spiro atoms. The van der Waals surface area contributed by atoms with E-state index in [0.29, 0.717) is 22.9 Å². The molecule has 3 aromatic rings. The second-order valence-electron chi connectivity index (χ2n) is 11.2. The van der Waals surface area contributed by atoms with Crippen LogP contribution in [0.1, 0.15) is 70.7 Å². The summed E-state index contributed by atoms with van der Waals surface area (Å²) in [6.07, 6.45) is 8.66. The lowest BCUT2D eigenvalue weighted by molar-refractivity contribution is 0.0894. The van der Waals surface area contributed by atoms with E-state index >= 15 is 0 Å². The minimum atomic E-state index is -3.66. The third-order valence-electron chi connectivity index (χ3n) is 8.53. The van der Waals surface area contributed by atoms with Gasteiger partial charge in [0.05, 0.1) is 35.6 Å². The number of aliphatic hydroxyl groups is 2. The lowest BCUT2D eigenvalue weighted by Crippen LogP contribution is -2.39. The molecule has 212 valence electrons. The van der Waals surface area contributed by atoms with E-state index in [0.717, 1.165) is 69.4 Å². The Balaban J connectivity index is 1.43. The highest BCUT2D eigenvalue weighted by atomic mass is 32.2. The van der Waals surface area contributed by atoms with E-state index in [4.69, 9.17) is 9.52 Å². The van der Waals surface area contributed by atoms with E-state index in [-0.39, 0.29) is 17.1 Å². The fourth-order valence-corrected chi connectivity index (χ4v) is 6.50. The second-order valence-corrected chi connectivity index (χ2v) is 13.1. The lowest BCUT2D eigenvalue weighted by Gasteiger charge is -2.40. The number of benzene rings is 1. The van der Waals surface area contributed by atoms with Crippen molar-refractivity contribution in [1.29, 1.82) is 0 Å². The third kappa shape index (κ3) is 6.15. The van der Waals surface area contributed by atoms with E-state index in [1.165, 1.54) is 0 Å². The summed E-state index contributed by atoms with van der Waals surface area (Å²) in [4.78, 5) is 2.26. The summed E-state index contributed by atoms with van der Waals surface area (Å²) in [5.41, 5.74) is 2.90. The molecule has 5 rings (SSSR count). The van der Waals surface area contributed by atoms with Crippen LogP contribution in [0.4, 0.5) is 11.4 Å². The largest absolute Gasteiger partial charge is 0.457 e. The Bertz CT molecular complexity index is 1370. The van der Waals surface area contributed by atoms with E-state index in [1.807, 2.05) is 24.3 Å². The lowest BCUT2D eigenvalue weighted by atomic mass is 9.78. The number of sulfonamides is 1. The molecule has 0 radical (unpaired) electrons. The summed E-state index contributed by atoms with van der Waals surface area (Å²) in [7, 11) is -3.66. The molecule has 1 atom stereocenters. The van der Waals surface area contributed by atoms with Gasteiger partial charge < -0.3 is 19.5 Å². The summed E-state index contributed by atoms with van der Waals surface area (Å²) in [6.45, 7) is 5.77. The Hall–Kier alpha value is -2.89. The van der Waals surface area contributed by atoms with Crippen LogP contribution >= 0.6 is 0 Å². The minimum Gasteiger partial charge on any atom is -0.457 e. The van der Waals surface area contributed by atoms with Crippen LogP contribution < -0.4 is 9.62 Å². The van der Waals surface area contributed by atoms with E-state index in [1.54, 1.807) is 16.9 Å². The van der Waals surface area contributed by atoms with Gasteiger partial charge in [0.1, 0.15) is 17.6 Å². The second kappa shape index (κ2) is 11.3. The maximum absolute atomic E-state index is 12.3. The Kier molecular flexibility index (Phi) is 8.02. The van der Waals surface area contributed by atoms with Crippen LogP contribution in [0.25, 0.3) is 17.1 Å².